The molecule has 6 nitrogen and oxygen atoms in total. The molecule has 29 heavy (non-hydrogen) atoms. The van der Waals surface area contributed by atoms with Crippen molar-refractivity contribution < 1.29 is 23.0 Å². The van der Waals surface area contributed by atoms with Crippen molar-refractivity contribution in [2.75, 3.05) is 11.9 Å². The van der Waals surface area contributed by atoms with Gasteiger partial charge in [-0.05, 0) is 44.2 Å². The van der Waals surface area contributed by atoms with Crippen LogP contribution in [0.15, 0.2) is 54.6 Å². The fourth-order valence-corrected chi connectivity index (χ4v) is 2.48. The Morgan fingerprint density at radius 3 is 2.45 bits per heavy atom. The van der Waals surface area contributed by atoms with Crippen LogP contribution in [0.4, 0.5) is 14.5 Å². The van der Waals surface area contributed by atoms with Gasteiger partial charge in [0.15, 0.2) is 17.7 Å². The molecule has 0 radical (unpaired) electrons. The van der Waals surface area contributed by atoms with Crippen molar-refractivity contribution in [1.29, 1.82) is 0 Å². The fraction of sp³-hybridized carbons (Fsp3) is 0.190. The summed E-state index contributed by atoms with van der Waals surface area (Å²) in [6.07, 6.45) is -0.980. The molecule has 0 saturated carbocycles. The SMILES string of the molecule is CCOc1ccc(-c2ccc(NC(=O)C(C)Oc3ccc(F)cc3F)cc2)nn1. The number of carbonyl (C=O) groups is 1. The Kier molecular flexibility index (Phi) is 6.33. The zero-order valence-electron chi connectivity index (χ0n) is 15.9. The van der Waals surface area contributed by atoms with Crippen molar-refractivity contribution in [3.05, 3.63) is 66.2 Å². The summed E-state index contributed by atoms with van der Waals surface area (Å²) in [5.74, 6) is -1.80. The normalized spacial score (nSPS) is 11.6. The predicted octanol–water partition coefficient (Wildman–Crippen LogP) is 4.23. The Morgan fingerprint density at radius 1 is 1.07 bits per heavy atom. The van der Waals surface area contributed by atoms with Gasteiger partial charge in [0.2, 0.25) is 5.88 Å². The lowest BCUT2D eigenvalue weighted by molar-refractivity contribution is -0.122. The number of aromatic nitrogens is 2. The topological polar surface area (TPSA) is 73.3 Å². The van der Waals surface area contributed by atoms with Gasteiger partial charge in [-0.3, -0.25) is 4.79 Å². The van der Waals surface area contributed by atoms with E-state index in [9.17, 15) is 13.6 Å². The van der Waals surface area contributed by atoms with Crippen LogP contribution in [-0.2, 0) is 4.79 Å². The molecular formula is C21H19F2N3O3. The van der Waals surface area contributed by atoms with Gasteiger partial charge in [-0.25, -0.2) is 8.78 Å². The van der Waals surface area contributed by atoms with E-state index in [4.69, 9.17) is 9.47 Å². The highest BCUT2D eigenvalue weighted by atomic mass is 19.1. The smallest absolute Gasteiger partial charge is 0.265 e. The highest BCUT2D eigenvalue weighted by Gasteiger charge is 2.17. The first kappa shape index (κ1) is 20.2. The molecule has 8 heteroatoms. The van der Waals surface area contributed by atoms with Crippen LogP contribution in [0.25, 0.3) is 11.3 Å². The Hall–Kier alpha value is -3.55. The monoisotopic (exact) mass is 399 g/mol. The number of ether oxygens (including phenoxy) is 2. The molecule has 1 heterocycles. The third-order valence-electron chi connectivity index (χ3n) is 3.95. The maximum Gasteiger partial charge on any atom is 0.265 e. The summed E-state index contributed by atoms with van der Waals surface area (Å²) in [5.41, 5.74) is 2.01. The van der Waals surface area contributed by atoms with Crippen molar-refractivity contribution >= 4 is 11.6 Å². The third-order valence-corrected chi connectivity index (χ3v) is 3.95. The molecule has 0 aliphatic rings. The summed E-state index contributed by atoms with van der Waals surface area (Å²) in [6, 6.07) is 13.4. The van der Waals surface area contributed by atoms with Gasteiger partial charge in [-0.15, -0.1) is 10.2 Å². The standard InChI is InChI=1S/C21H19F2N3O3/c1-3-28-20-11-9-18(25-26-20)14-4-7-16(8-5-14)24-21(27)13(2)29-19-10-6-15(22)12-17(19)23/h4-13H,3H2,1-2H3,(H,24,27). The lowest BCUT2D eigenvalue weighted by Gasteiger charge is -2.15. The average molecular weight is 399 g/mol. The van der Waals surface area contributed by atoms with Gasteiger partial charge < -0.3 is 14.8 Å². The summed E-state index contributed by atoms with van der Waals surface area (Å²) in [6.45, 7) is 3.85. The molecule has 1 N–H and O–H groups in total. The summed E-state index contributed by atoms with van der Waals surface area (Å²) in [4.78, 5) is 12.3. The Morgan fingerprint density at radius 2 is 1.83 bits per heavy atom. The zero-order chi connectivity index (χ0) is 20.8. The van der Waals surface area contributed by atoms with Crippen molar-refractivity contribution in [2.45, 2.75) is 20.0 Å². The van der Waals surface area contributed by atoms with E-state index in [0.29, 0.717) is 29.9 Å². The second-order valence-corrected chi connectivity index (χ2v) is 6.09. The summed E-state index contributed by atoms with van der Waals surface area (Å²) in [5, 5.41) is 10.8. The molecule has 1 atom stereocenters. The van der Waals surface area contributed by atoms with Gasteiger partial charge in [0.05, 0.1) is 12.3 Å². The van der Waals surface area contributed by atoms with Crippen LogP contribution in [0.5, 0.6) is 11.6 Å². The van der Waals surface area contributed by atoms with Gasteiger partial charge in [0.1, 0.15) is 5.82 Å². The van der Waals surface area contributed by atoms with Crippen molar-refractivity contribution in [1.82, 2.24) is 10.2 Å². The molecule has 0 aliphatic carbocycles. The number of halogens is 2. The minimum Gasteiger partial charge on any atom is -0.478 e. The van der Waals surface area contributed by atoms with Gasteiger partial charge in [-0.1, -0.05) is 12.1 Å². The molecule has 0 fully saturated rings. The molecule has 150 valence electrons. The molecule has 0 aliphatic heterocycles. The molecule has 3 aromatic rings. The van der Waals surface area contributed by atoms with E-state index in [1.54, 1.807) is 36.4 Å². The maximum absolute atomic E-state index is 13.7. The lowest BCUT2D eigenvalue weighted by atomic mass is 10.1. The number of hydrogen-bond acceptors (Lipinski definition) is 5. The third kappa shape index (κ3) is 5.25. The number of rotatable bonds is 7. The lowest BCUT2D eigenvalue weighted by Crippen LogP contribution is -2.30. The van der Waals surface area contributed by atoms with Crippen LogP contribution in [0.1, 0.15) is 13.8 Å². The van der Waals surface area contributed by atoms with E-state index < -0.39 is 23.6 Å². The summed E-state index contributed by atoms with van der Waals surface area (Å²) in [7, 11) is 0. The van der Waals surface area contributed by atoms with Gasteiger partial charge in [0, 0.05) is 23.4 Å². The number of nitrogens with one attached hydrogen (secondary N) is 1. The van der Waals surface area contributed by atoms with Crippen molar-refractivity contribution in [3.63, 3.8) is 0 Å². The van der Waals surface area contributed by atoms with E-state index in [1.807, 2.05) is 6.92 Å². The highest BCUT2D eigenvalue weighted by molar-refractivity contribution is 5.94. The number of benzene rings is 2. The van der Waals surface area contributed by atoms with Gasteiger partial charge in [-0.2, -0.15) is 0 Å². The average Bonchev–Trinajstić information content (AvgIpc) is 2.71. The second kappa shape index (κ2) is 9.09. The largest absolute Gasteiger partial charge is 0.478 e. The van der Waals surface area contributed by atoms with Crippen LogP contribution in [-0.4, -0.2) is 28.8 Å². The first-order chi connectivity index (χ1) is 14.0. The molecule has 1 aromatic heterocycles. The van der Waals surface area contributed by atoms with Gasteiger partial charge >= 0.3 is 0 Å². The van der Waals surface area contributed by atoms with Crippen molar-refractivity contribution in [2.24, 2.45) is 0 Å². The Balaban J connectivity index is 1.61. The predicted molar refractivity (Wildman–Crippen MR) is 104 cm³/mol. The number of carbonyl (C=O) groups excluding carboxylic acids is 1. The second-order valence-electron chi connectivity index (χ2n) is 6.09. The van der Waals surface area contributed by atoms with Crippen LogP contribution in [0.3, 0.4) is 0 Å². The summed E-state index contributed by atoms with van der Waals surface area (Å²) >= 11 is 0. The number of amides is 1. The number of nitrogens with zero attached hydrogens (tertiary/aromatic N) is 2. The summed E-state index contributed by atoms with van der Waals surface area (Å²) < 4.78 is 37.1. The minimum atomic E-state index is -0.980. The fourth-order valence-electron chi connectivity index (χ4n) is 2.48. The van der Waals surface area contributed by atoms with Crippen LogP contribution in [0, 0.1) is 11.6 Å². The van der Waals surface area contributed by atoms with E-state index in [0.717, 1.165) is 17.7 Å². The molecule has 1 unspecified atom stereocenters. The van der Waals surface area contributed by atoms with Crippen LogP contribution in [0.2, 0.25) is 0 Å². The van der Waals surface area contributed by atoms with E-state index >= 15 is 0 Å². The molecule has 1 amide bonds. The molecular weight excluding hydrogens is 380 g/mol. The molecule has 0 saturated heterocycles. The van der Waals surface area contributed by atoms with Crippen LogP contribution >= 0.6 is 0 Å². The quantitative estimate of drug-likeness (QED) is 0.644. The number of hydrogen-bond donors (Lipinski definition) is 1. The van der Waals surface area contributed by atoms with E-state index in [-0.39, 0.29) is 5.75 Å². The van der Waals surface area contributed by atoms with E-state index in [1.165, 1.54) is 6.92 Å². The highest BCUT2D eigenvalue weighted by Crippen LogP contribution is 2.22. The Labute approximate surface area is 166 Å². The minimum absolute atomic E-state index is 0.196. The molecule has 2 aromatic carbocycles. The number of anilines is 1. The maximum atomic E-state index is 13.7. The van der Waals surface area contributed by atoms with Crippen molar-refractivity contribution in [3.8, 4) is 22.9 Å². The van der Waals surface area contributed by atoms with E-state index in [2.05, 4.69) is 15.5 Å². The molecule has 3 rings (SSSR count). The Bertz CT molecular complexity index is 979. The van der Waals surface area contributed by atoms with Crippen LogP contribution < -0.4 is 14.8 Å². The molecule has 0 spiro atoms. The zero-order valence-corrected chi connectivity index (χ0v) is 15.9. The van der Waals surface area contributed by atoms with Gasteiger partial charge in [0.25, 0.3) is 5.91 Å². The first-order valence-corrected chi connectivity index (χ1v) is 8.96. The first-order valence-electron chi connectivity index (χ1n) is 8.96. The molecule has 0 bridgehead atoms.